The van der Waals surface area contributed by atoms with Crippen molar-refractivity contribution >= 4 is 0 Å². The van der Waals surface area contributed by atoms with Gasteiger partial charge in [-0.15, -0.1) is 5.10 Å². The molecule has 0 fully saturated rings. The van der Waals surface area contributed by atoms with Gasteiger partial charge in [0.05, 0.1) is 12.3 Å². The average Bonchev–Trinajstić information content (AvgIpc) is 2.78. The van der Waals surface area contributed by atoms with Crippen molar-refractivity contribution in [1.82, 2.24) is 15.0 Å². The molecule has 4 heteroatoms. The van der Waals surface area contributed by atoms with E-state index < -0.39 is 6.10 Å². The summed E-state index contributed by atoms with van der Waals surface area (Å²) in [6, 6.07) is 10.4. The van der Waals surface area contributed by atoms with E-state index in [2.05, 4.69) is 41.5 Å². The summed E-state index contributed by atoms with van der Waals surface area (Å²) in [5, 5.41) is 17.4. The first kappa shape index (κ1) is 12.8. The molecular weight excluding hydrogens is 226 g/mol. The molecule has 0 unspecified atom stereocenters. The van der Waals surface area contributed by atoms with Gasteiger partial charge in [0, 0.05) is 6.54 Å². The number of aliphatic hydroxyl groups is 1. The predicted octanol–water partition coefficient (Wildman–Crippen LogP) is 2.21. The molecule has 1 aromatic carbocycles. The highest BCUT2D eigenvalue weighted by Crippen LogP contribution is 2.12. The van der Waals surface area contributed by atoms with E-state index in [0.29, 0.717) is 11.6 Å². The Balaban J connectivity index is 1.92. The maximum absolute atomic E-state index is 9.39. The summed E-state index contributed by atoms with van der Waals surface area (Å²) in [5.74, 6) is 0.482. The lowest BCUT2D eigenvalue weighted by Crippen LogP contribution is -2.10. The molecule has 0 aliphatic carbocycles. The highest BCUT2D eigenvalue weighted by Gasteiger charge is 2.09. The maximum atomic E-state index is 9.39. The summed E-state index contributed by atoms with van der Waals surface area (Å²) in [6.45, 7) is 4.70. The Kier molecular flexibility index (Phi) is 4.10. The molecule has 1 N–H and O–H groups in total. The molecule has 2 rings (SSSR count). The molecule has 96 valence electrons. The van der Waals surface area contributed by atoms with Crippen LogP contribution in [0.4, 0.5) is 0 Å². The summed E-state index contributed by atoms with van der Waals surface area (Å²) in [7, 11) is 0. The zero-order valence-electron chi connectivity index (χ0n) is 10.8. The number of rotatable bonds is 5. The number of aromatic nitrogens is 3. The van der Waals surface area contributed by atoms with Crippen molar-refractivity contribution in [2.45, 2.75) is 32.9 Å². The fourth-order valence-corrected chi connectivity index (χ4v) is 1.99. The SMILES string of the molecule is C[C@H](Cc1ccccc1)Cn1cc([C@@H](C)O)nn1. The van der Waals surface area contributed by atoms with Gasteiger partial charge in [0.25, 0.3) is 0 Å². The average molecular weight is 245 g/mol. The molecule has 0 amide bonds. The zero-order chi connectivity index (χ0) is 13.0. The highest BCUT2D eigenvalue weighted by atomic mass is 16.3. The van der Waals surface area contributed by atoms with Crippen LogP contribution in [0.15, 0.2) is 36.5 Å². The van der Waals surface area contributed by atoms with Crippen LogP contribution < -0.4 is 0 Å². The largest absolute Gasteiger partial charge is 0.387 e. The molecule has 0 spiro atoms. The van der Waals surface area contributed by atoms with Crippen molar-refractivity contribution in [2.75, 3.05) is 0 Å². The summed E-state index contributed by atoms with van der Waals surface area (Å²) in [4.78, 5) is 0. The van der Waals surface area contributed by atoms with E-state index in [0.717, 1.165) is 13.0 Å². The van der Waals surface area contributed by atoms with Gasteiger partial charge in [-0.05, 0) is 24.8 Å². The van der Waals surface area contributed by atoms with Gasteiger partial charge < -0.3 is 5.11 Å². The Morgan fingerprint density at radius 1 is 1.22 bits per heavy atom. The molecule has 2 atom stereocenters. The van der Waals surface area contributed by atoms with Crippen LogP contribution in [0.25, 0.3) is 0 Å². The molecule has 0 aliphatic heterocycles. The predicted molar refractivity (Wildman–Crippen MR) is 70.0 cm³/mol. The normalized spacial score (nSPS) is 14.4. The third-order valence-electron chi connectivity index (χ3n) is 2.91. The summed E-state index contributed by atoms with van der Waals surface area (Å²) in [5.41, 5.74) is 1.96. The second kappa shape index (κ2) is 5.78. The Bertz CT molecular complexity index is 479. The van der Waals surface area contributed by atoms with E-state index in [1.54, 1.807) is 11.6 Å². The van der Waals surface area contributed by atoms with Crippen molar-refractivity contribution in [2.24, 2.45) is 5.92 Å². The molecule has 0 saturated carbocycles. The van der Waals surface area contributed by atoms with Crippen molar-refractivity contribution in [3.8, 4) is 0 Å². The molecule has 2 aromatic rings. The smallest absolute Gasteiger partial charge is 0.111 e. The Morgan fingerprint density at radius 3 is 2.56 bits per heavy atom. The van der Waals surface area contributed by atoms with E-state index >= 15 is 0 Å². The second-order valence-corrected chi connectivity index (χ2v) is 4.84. The Morgan fingerprint density at radius 2 is 1.94 bits per heavy atom. The van der Waals surface area contributed by atoms with Crippen LogP contribution in [-0.4, -0.2) is 20.1 Å². The lowest BCUT2D eigenvalue weighted by atomic mass is 10.0. The molecule has 0 radical (unpaired) electrons. The van der Waals surface area contributed by atoms with Gasteiger partial charge in [-0.3, -0.25) is 4.68 Å². The molecule has 18 heavy (non-hydrogen) atoms. The van der Waals surface area contributed by atoms with Gasteiger partial charge in [-0.1, -0.05) is 42.5 Å². The Hall–Kier alpha value is -1.68. The second-order valence-electron chi connectivity index (χ2n) is 4.84. The fraction of sp³-hybridized carbons (Fsp3) is 0.429. The highest BCUT2D eigenvalue weighted by molar-refractivity contribution is 5.15. The van der Waals surface area contributed by atoms with Crippen LogP contribution >= 0.6 is 0 Å². The van der Waals surface area contributed by atoms with E-state index in [4.69, 9.17) is 0 Å². The standard InChI is InChI=1S/C14H19N3O/c1-11(8-13-6-4-3-5-7-13)9-17-10-14(12(2)18)15-16-17/h3-7,10-12,18H,8-9H2,1-2H3/t11-,12-/m1/s1. The van der Waals surface area contributed by atoms with Crippen LogP contribution in [0.2, 0.25) is 0 Å². The van der Waals surface area contributed by atoms with E-state index in [1.165, 1.54) is 5.56 Å². The minimum atomic E-state index is -0.553. The number of nitrogens with zero attached hydrogens (tertiary/aromatic N) is 3. The van der Waals surface area contributed by atoms with E-state index in [-0.39, 0.29) is 0 Å². The molecule has 0 aliphatic rings. The Labute approximate surface area is 107 Å². The summed E-state index contributed by atoms with van der Waals surface area (Å²) in [6.07, 6.45) is 2.28. The van der Waals surface area contributed by atoms with Crippen LogP contribution in [0.5, 0.6) is 0 Å². The van der Waals surface area contributed by atoms with Gasteiger partial charge in [0.15, 0.2) is 0 Å². The van der Waals surface area contributed by atoms with E-state index in [9.17, 15) is 5.11 Å². The first-order chi connectivity index (χ1) is 8.65. The lowest BCUT2D eigenvalue weighted by Gasteiger charge is -2.10. The molecule has 0 bridgehead atoms. The van der Waals surface area contributed by atoms with Gasteiger partial charge in [0.1, 0.15) is 5.69 Å². The van der Waals surface area contributed by atoms with Crippen molar-refractivity contribution in [1.29, 1.82) is 0 Å². The minimum Gasteiger partial charge on any atom is -0.387 e. The fourth-order valence-electron chi connectivity index (χ4n) is 1.99. The van der Waals surface area contributed by atoms with Gasteiger partial charge in [0.2, 0.25) is 0 Å². The van der Waals surface area contributed by atoms with Crippen molar-refractivity contribution < 1.29 is 5.11 Å². The third-order valence-corrected chi connectivity index (χ3v) is 2.91. The lowest BCUT2D eigenvalue weighted by molar-refractivity contribution is 0.194. The first-order valence-electron chi connectivity index (χ1n) is 6.27. The van der Waals surface area contributed by atoms with Crippen molar-refractivity contribution in [3.05, 3.63) is 47.8 Å². The monoisotopic (exact) mass is 245 g/mol. The molecule has 4 nitrogen and oxygen atoms in total. The molecular formula is C14H19N3O. The molecule has 1 aromatic heterocycles. The van der Waals surface area contributed by atoms with Crippen LogP contribution in [-0.2, 0) is 13.0 Å². The number of aliphatic hydroxyl groups excluding tert-OH is 1. The third kappa shape index (κ3) is 3.40. The van der Waals surface area contributed by atoms with Gasteiger partial charge >= 0.3 is 0 Å². The summed E-state index contributed by atoms with van der Waals surface area (Å²) >= 11 is 0. The van der Waals surface area contributed by atoms with Gasteiger partial charge in [-0.25, -0.2) is 0 Å². The van der Waals surface area contributed by atoms with Crippen LogP contribution in [0.1, 0.15) is 31.2 Å². The van der Waals surface area contributed by atoms with E-state index in [1.807, 2.05) is 12.3 Å². The van der Waals surface area contributed by atoms with Gasteiger partial charge in [-0.2, -0.15) is 0 Å². The number of benzene rings is 1. The molecule has 1 heterocycles. The maximum Gasteiger partial charge on any atom is 0.111 e. The summed E-state index contributed by atoms with van der Waals surface area (Å²) < 4.78 is 1.80. The number of hydrogen-bond donors (Lipinski definition) is 1. The molecule has 0 saturated heterocycles. The zero-order valence-corrected chi connectivity index (χ0v) is 10.8. The van der Waals surface area contributed by atoms with Crippen LogP contribution in [0, 0.1) is 5.92 Å². The van der Waals surface area contributed by atoms with Crippen molar-refractivity contribution in [3.63, 3.8) is 0 Å². The quantitative estimate of drug-likeness (QED) is 0.878. The first-order valence-corrected chi connectivity index (χ1v) is 6.27. The topological polar surface area (TPSA) is 50.9 Å². The number of hydrogen-bond acceptors (Lipinski definition) is 3. The minimum absolute atomic E-state index is 0.482. The van der Waals surface area contributed by atoms with Crippen LogP contribution in [0.3, 0.4) is 0 Å².